The molecule has 174 valence electrons. The molecule has 1 heterocycles. The third kappa shape index (κ3) is 14.1. The van der Waals surface area contributed by atoms with Crippen LogP contribution >= 0.6 is 0 Å². The molecule has 7 heteroatoms. The Morgan fingerprint density at radius 1 is 0.935 bits per heavy atom. The van der Waals surface area contributed by atoms with Crippen LogP contribution in [-0.4, -0.2) is 35.2 Å². The number of benzene rings is 1. The number of aliphatic carboxylic acids is 1. The molecular formula is C24H41N5O2. The predicted molar refractivity (Wildman–Crippen MR) is 129 cm³/mol. The molecule has 1 aromatic rings. The quantitative estimate of drug-likeness (QED) is 0.382. The molecule has 0 amide bonds. The van der Waals surface area contributed by atoms with E-state index in [1.54, 1.807) is 0 Å². The van der Waals surface area contributed by atoms with E-state index in [0.29, 0.717) is 0 Å². The lowest BCUT2D eigenvalue weighted by atomic mass is 10.1. The second kappa shape index (κ2) is 15.3. The Labute approximate surface area is 187 Å². The summed E-state index contributed by atoms with van der Waals surface area (Å²) in [5, 5.41) is 17.5. The molecule has 1 aromatic carbocycles. The number of aliphatic imine (C=N–C) groups is 2. The zero-order chi connectivity index (χ0) is 23.0. The van der Waals surface area contributed by atoms with E-state index in [0.717, 1.165) is 31.9 Å². The first kappa shape index (κ1) is 26.5. The van der Waals surface area contributed by atoms with Crippen LogP contribution in [0.25, 0.3) is 0 Å². The fraction of sp³-hybridized carbons (Fsp3) is 0.625. The van der Waals surface area contributed by atoms with Crippen LogP contribution in [0.4, 0.5) is 0 Å². The molecule has 4 N–H and O–H groups in total. The lowest BCUT2D eigenvalue weighted by Crippen LogP contribution is -2.51. The van der Waals surface area contributed by atoms with Crippen LogP contribution in [0.15, 0.2) is 40.3 Å². The zero-order valence-corrected chi connectivity index (χ0v) is 19.7. The summed E-state index contributed by atoms with van der Waals surface area (Å²) in [5.74, 6) is 0.755. The minimum absolute atomic E-state index is 0.452. The molecule has 0 radical (unpaired) electrons. The van der Waals surface area contributed by atoms with E-state index in [9.17, 15) is 0 Å². The maximum Gasteiger partial charge on any atom is 0.300 e. The standard InChI is InChI=1S/C22H37N5.C2H4O2/c1-4-5-6-7-8-9-10-14-17-23-20-25-21(27-22(2,3)26-20)24-18-19-15-12-11-13-16-19;1-2(3)4/h11-13,15-16H,4-10,14,17-18H2,1-3H3,(H3,23,24,25,26,27);1H3,(H,3,4). The summed E-state index contributed by atoms with van der Waals surface area (Å²) in [4.78, 5) is 18.3. The van der Waals surface area contributed by atoms with Crippen molar-refractivity contribution in [1.29, 1.82) is 0 Å². The Hall–Kier alpha value is -2.57. The molecule has 0 saturated carbocycles. The molecule has 1 aliphatic heterocycles. The highest BCUT2D eigenvalue weighted by Gasteiger charge is 2.22. The summed E-state index contributed by atoms with van der Waals surface area (Å²) in [5.41, 5.74) is 0.780. The van der Waals surface area contributed by atoms with Crippen LogP contribution in [0.5, 0.6) is 0 Å². The van der Waals surface area contributed by atoms with Crippen LogP contribution in [0.1, 0.15) is 84.6 Å². The van der Waals surface area contributed by atoms with Gasteiger partial charge >= 0.3 is 0 Å². The summed E-state index contributed by atoms with van der Waals surface area (Å²) in [6, 6.07) is 10.3. The number of carboxylic acid groups (broad SMARTS) is 1. The Balaban J connectivity index is 0.00000110. The molecule has 7 nitrogen and oxygen atoms in total. The maximum atomic E-state index is 9.00. The molecule has 0 saturated heterocycles. The van der Waals surface area contributed by atoms with Gasteiger partial charge in [0, 0.05) is 20.0 Å². The summed E-state index contributed by atoms with van der Waals surface area (Å²) in [6.45, 7) is 9.09. The number of carboxylic acids is 1. The molecule has 0 aliphatic carbocycles. The minimum atomic E-state index is -0.833. The largest absolute Gasteiger partial charge is 0.481 e. The number of hydrogen-bond acceptors (Lipinski definition) is 6. The third-order valence-corrected chi connectivity index (χ3v) is 4.63. The molecule has 1 aliphatic rings. The second-order valence-electron chi connectivity index (χ2n) is 8.30. The highest BCUT2D eigenvalue weighted by atomic mass is 16.4. The summed E-state index contributed by atoms with van der Waals surface area (Å²) < 4.78 is 0. The average Bonchev–Trinajstić information content (AvgIpc) is 2.70. The molecule has 0 atom stereocenters. The van der Waals surface area contributed by atoms with Crippen molar-refractivity contribution in [3.8, 4) is 0 Å². The summed E-state index contributed by atoms with van der Waals surface area (Å²) >= 11 is 0. The van der Waals surface area contributed by atoms with Crippen molar-refractivity contribution in [2.24, 2.45) is 9.98 Å². The zero-order valence-electron chi connectivity index (χ0n) is 19.7. The van der Waals surface area contributed by atoms with Gasteiger partial charge in [0.25, 0.3) is 5.97 Å². The SMILES string of the molecule is CC(=O)O.CCCCCCCCCCNC1=NC(C)(C)N=C(NCc2ccccc2)N1. The van der Waals surface area contributed by atoms with Crippen molar-refractivity contribution < 1.29 is 9.90 Å². The first-order valence-electron chi connectivity index (χ1n) is 11.5. The molecule has 0 spiro atoms. The van der Waals surface area contributed by atoms with Crippen molar-refractivity contribution in [2.75, 3.05) is 6.54 Å². The summed E-state index contributed by atoms with van der Waals surface area (Å²) in [6.07, 6.45) is 10.6. The molecular weight excluding hydrogens is 390 g/mol. The molecule has 0 unspecified atom stereocenters. The summed E-state index contributed by atoms with van der Waals surface area (Å²) in [7, 11) is 0. The topological polar surface area (TPSA) is 98.1 Å². The smallest absolute Gasteiger partial charge is 0.300 e. The second-order valence-corrected chi connectivity index (χ2v) is 8.30. The average molecular weight is 432 g/mol. The van der Waals surface area contributed by atoms with Crippen molar-refractivity contribution in [3.05, 3.63) is 35.9 Å². The van der Waals surface area contributed by atoms with Crippen molar-refractivity contribution >= 4 is 17.9 Å². The lowest BCUT2D eigenvalue weighted by Gasteiger charge is -2.26. The fourth-order valence-electron chi connectivity index (χ4n) is 3.16. The third-order valence-electron chi connectivity index (χ3n) is 4.63. The van der Waals surface area contributed by atoms with Crippen molar-refractivity contribution in [3.63, 3.8) is 0 Å². The maximum absolute atomic E-state index is 9.00. The predicted octanol–water partition coefficient (Wildman–Crippen LogP) is 4.65. The fourth-order valence-corrected chi connectivity index (χ4v) is 3.16. The Morgan fingerprint density at radius 2 is 1.45 bits per heavy atom. The Bertz CT molecular complexity index is 682. The van der Waals surface area contributed by atoms with Gasteiger partial charge in [-0.1, -0.05) is 82.2 Å². The van der Waals surface area contributed by atoms with Gasteiger partial charge < -0.3 is 15.7 Å². The lowest BCUT2D eigenvalue weighted by molar-refractivity contribution is -0.134. The number of carbonyl (C=O) groups is 1. The van der Waals surface area contributed by atoms with E-state index in [2.05, 4.69) is 57.1 Å². The van der Waals surface area contributed by atoms with E-state index >= 15 is 0 Å². The number of nitrogens with one attached hydrogen (secondary N) is 3. The number of nitrogens with zero attached hydrogens (tertiary/aromatic N) is 2. The van der Waals surface area contributed by atoms with Gasteiger partial charge in [-0.2, -0.15) is 0 Å². The van der Waals surface area contributed by atoms with E-state index in [1.165, 1.54) is 56.9 Å². The van der Waals surface area contributed by atoms with Crippen molar-refractivity contribution in [2.45, 2.75) is 91.3 Å². The van der Waals surface area contributed by atoms with Gasteiger partial charge in [-0.3, -0.25) is 10.1 Å². The van der Waals surface area contributed by atoms with Crippen LogP contribution in [0.3, 0.4) is 0 Å². The Kier molecular flexibility index (Phi) is 13.0. The van der Waals surface area contributed by atoms with E-state index in [4.69, 9.17) is 9.90 Å². The molecule has 0 fully saturated rings. The van der Waals surface area contributed by atoms with E-state index < -0.39 is 11.6 Å². The molecule has 0 bridgehead atoms. The van der Waals surface area contributed by atoms with Gasteiger partial charge in [0.05, 0.1) is 0 Å². The van der Waals surface area contributed by atoms with Gasteiger partial charge in [-0.15, -0.1) is 0 Å². The molecule has 0 aromatic heterocycles. The normalized spacial score (nSPS) is 14.3. The van der Waals surface area contributed by atoms with Gasteiger partial charge in [-0.25, -0.2) is 9.98 Å². The van der Waals surface area contributed by atoms with Gasteiger partial charge in [-0.05, 0) is 25.8 Å². The van der Waals surface area contributed by atoms with Crippen LogP contribution in [-0.2, 0) is 11.3 Å². The van der Waals surface area contributed by atoms with Gasteiger partial charge in [0.15, 0.2) is 5.66 Å². The first-order valence-corrected chi connectivity index (χ1v) is 11.5. The number of guanidine groups is 2. The van der Waals surface area contributed by atoms with Crippen LogP contribution < -0.4 is 16.0 Å². The van der Waals surface area contributed by atoms with Gasteiger partial charge in [0.2, 0.25) is 11.9 Å². The highest BCUT2D eigenvalue weighted by molar-refractivity contribution is 6.00. The number of hydrogen-bond donors (Lipinski definition) is 4. The highest BCUT2D eigenvalue weighted by Crippen LogP contribution is 2.13. The van der Waals surface area contributed by atoms with Crippen LogP contribution in [0.2, 0.25) is 0 Å². The van der Waals surface area contributed by atoms with Gasteiger partial charge in [0.1, 0.15) is 0 Å². The number of unbranched alkanes of at least 4 members (excludes halogenated alkanes) is 7. The molecule has 2 rings (SSSR count). The van der Waals surface area contributed by atoms with Crippen LogP contribution in [0, 0.1) is 0 Å². The number of rotatable bonds is 11. The first-order chi connectivity index (χ1) is 14.8. The van der Waals surface area contributed by atoms with Crippen molar-refractivity contribution in [1.82, 2.24) is 16.0 Å². The minimum Gasteiger partial charge on any atom is -0.481 e. The van der Waals surface area contributed by atoms with E-state index in [-0.39, 0.29) is 0 Å². The molecule has 31 heavy (non-hydrogen) atoms. The monoisotopic (exact) mass is 431 g/mol. The Morgan fingerprint density at radius 3 is 2.03 bits per heavy atom. The van der Waals surface area contributed by atoms with E-state index in [1.807, 2.05) is 19.9 Å².